The van der Waals surface area contributed by atoms with Crippen LogP contribution in [0.2, 0.25) is 0 Å². The smallest absolute Gasteiger partial charge is 0.367 e. The van der Waals surface area contributed by atoms with Crippen molar-refractivity contribution in [3.8, 4) is 0 Å². The second-order valence-corrected chi connectivity index (χ2v) is 4.17. The highest BCUT2D eigenvalue weighted by molar-refractivity contribution is 7.80. The Hall–Kier alpha value is -0.290. The topological polar surface area (TPSA) is 133 Å². The van der Waals surface area contributed by atoms with Crippen molar-refractivity contribution < 1.29 is 27.4 Å². The predicted octanol–water partition coefficient (Wildman–Crippen LogP) is -1.99. The van der Waals surface area contributed by atoms with Gasteiger partial charge >= 0.3 is 10.4 Å². The molecule has 0 bridgehead atoms. The highest BCUT2D eigenvalue weighted by Gasteiger charge is 2.01. The standard InChI is InChI=1S/C6H16N2O2.CH4O4S/c1-8(4-2-3-7)5-6(9)10;1-5-6(2,3)4/h6,9-10H,2-5,7H2,1H3;1H3,(H,2,3,4). The molecule has 100 valence electrons. The molecule has 0 aliphatic heterocycles. The van der Waals surface area contributed by atoms with Gasteiger partial charge in [-0.3, -0.25) is 8.74 Å². The van der Waals surface area contributed by atoms with E-state index < -0.39 is 16.7 Å². The zero-order valence-corrected chi connectivity index (χ0v) is 10.2. The molecule has 0 aromatic carbocycles. The summed E-state index contributed by atoms with van der Waals surface area (Å²) >= 11 is 0. The Morgan fingerprint density at radius 2 is 1.88 bits per heavy atom. The number of hydrogen-bond donors (Lipinski definition) is 4. The quantitative estimate of drug-likeness (QED) is 0.319. The highest BCUT2D eigenvalue weighted by Crippen LogP contribution is 1.87. The maximum absolute atomic E-state index is 9.33. The lowest BCUT2D eigenvalue weighted by Gasteiger charge is -2.16. The second-order valence-electron chi connectivity index (χ2n) is 2.98. The third kappa shape index (κ3) is 19.3. The van der Waals surface area contributed by atoms with E-state index in [0.29, 0.717) is 13.1 Å². The van der Waals surface area contributed by atoms with Crippen LogP contribution < -0.4 is 5.73 Å². The fourth-order valence-electron chi connectivity index (χ4n) is 0.731. The number of nitrogens with two attached hydrogens (primary N) is 1. The minimum Gasteiger partial charge on any atom is -0.367 e. The minimum absolute atomic E-state index is 0.292. The summed E-state index contributed by atoms with van der Waals surface area (Å²) in [6.45, 7) is 1.75. The molecule has 5 N–H and O–H groups in total. The first-order valence-corrected chi connectivity index (χ1v) is 5.87. The Morgan fingerprint density at radius 3 is 2.12 bits per heavy atom. The van der Waals surface area contributed by atoms with Crippen LogP contribution in [0, 0.1) is 0 Å². The molecule has 0 aliphatic rings. The lowest BCUT2D eigenvalue weighted by molar-refractivity contribution is -0.0572. The molecule has 0 unspecified atom stereocenters. The van der Waals surface area contributed by atoms with Gasteiger partial charge in [-0.05, 0) is 26.6 Å². The van der Waals surface area contributed by atoms with Gasteiger partial charge < -0.3 is 20.8 Å². The SMILES string of the molecule is CN(CCCN)CC(O)O.COS(=O)(=O)O. The molecule has 8 nitrogen and oxygen atoms in total. The zero-order chi connectivity index (χ0) is 13.2. The molecule has 0 saturated heterocycles. The molecule has 0 aliphatic carbocycles. The number of likely N-dealkylation sites (N-methyl/N-ethyl adjacent to an activating group) is 1. The molecular formula is C7H20N2O6S. The van der Waals surface area contributed by atoms with E-state index in [-0.39, 0.29) is 0 Å². The Morgan fingerprint density at radius 1 is 1.44 bits per heavy atom. The van der Waals surface area contributed by atoms with Crippen LogP contribution >= 0.6 is 0 Å². The van der Waals surface area contributed by atoms with Crippen molar-refractivity contribution in [1.29, 1.82) is 0 Å². The number of nitrogens with zero attached hydrogens (tertiary/aromatic N) is 1. The predicted molar refractivity (Wildman–Crippen MR) is 58.0 cm³/mol. The van der Waals surface area contributed by atoms with E-state index in [2.05, 4.69) is 4.18 Å². The average molecular weight is 260 g/mol. The molecule has 0 aromatic rings. The Bertz CT molecular complexity index is 243. The van der Waals surface area contributed by atoms with E-state index >= 15 is 0 Å². The summed E-state index contributed by atoms with van der Waals surface area (Å²) in [6.07, 6.45) is -0.341. The number of aliphatic hydroxyl groups is 2. The molecule has 9 heteroatoms. The van der Waals surface area contributed by atoms with Crippen molar-refractivity contribution in [2.45, 2.75) is 12.7 Å². The molecule has 0 spiro atoms. The number of rotatable bonds is 6. The van der Waals surface area contributed by atoms with Gasteiger partial charge in [-0.2, -0.15) is 8.42 Å². The maximum atomic E-state index is 9.33. The van der Waals surface area contributed by atoms with Crippen LogP contribution in [-0.2, 0) is 14.6 Å². The summed E-state index contributed by atoms with van der Waals surface area (Å²) in [5.41, 5.74) is 5.26. The zero-order valence-electron chi connectivity index (χ0n) is 9.40. The van der Waals surface area contributed by atoms with Crippen LogP contribution in [0.15, 0.2) is 0 Å². The van der Waals surface area contributed by atoms with Gasteiger partial charge in [0.05, 0.1) is 7.11 Å². The van der Waals surface area contributed by atoms with Crippen molar-refractivity contribution in [3.63, 3.8) is 0 Å². The van der Waals surface area contributed by atoms with Gasteiger partial charge in [0.25, 0.3) is 0 Å². The molecular weight excluding hydrogens is 240 g/mol. The molecule has 0 fully saturated rings. The fraction of sp³-hybridized carbons (Fsp3) is 1.00. The Balaban J connectivity index is 0. The van der Waals surface area contributed by atoms with Crippen molar-refractivity contribution >= 4 is 10.4 Å². The van der Waals surface area contributed by atoms with Crippen LogP contribution in [0.4, 0.5) is 0 Å². The average Bonchev–Trinajstić information content (AvgIpc) is 2.13. The molecule has 0 atom stereocenters. The lowest BCUT2D eigenvalue weighted by Crippen LogP contribution is -2.30. The normalized spacial score (nSPS) is 11.5. The summed E-state index contributed by atoms with van der Waals surface area (Å²) in [6, 6.07) is 0. The number of aliphatic hydroxyl groups excluding tert-OH is 1. The molecule has 0 amide bonds. The summed E-state index contributed by atoms with van der Waals surface area (Å²) in [4.78, 5) is 1.83. The van der Waals surface area contributed by atoms with Crippen molar-refractivity contribution in [2.24, 2.45) is 5.73 Å². The second kappa shape index (κ2) is 9.90. The van der Waals surface area contributed by atoms with Gasteiger partial charge in [0.2, 0.25) is 0 Å². The number of hydrogen-bond acceptors (Lipinski definition) is 7. The van der Waals surface area contributed by atoms with Gasteiger partial charge in [0.1, 0.15) is 0 Å². The largest absolute Gasteiger partial charge is 0.397 e. The molecule has 0 heterocycles. The van der Waals surface area contributed by atoms with E-state index in [1.165, 1.54) is 0 Å². The first-order valence-electron chi connectivity index (χ1n) is 4.50. The van der Waals surface area contributed by atoms with Gasteiger partial charge in [0, 0.05) is 6.54 Å². The monoisotopic (exact) mass is 260 g/mol. The van der Waals surface area contributed by atoms with Crippen LogP contribution in [-0.4, -0.2) is 68.2 Å². The van der Waals surface area contributed by atoms with E-state index in [1.54, 1.807) is 0 Å². The van der Waals surface area contributed by atoms with Crippen LogP contribution in [0.3, 0.4) is 0 Å². The highest BCUT2D eigenvalue weighted by atomic mass is 32.3. The van der Waals surface area contributed by atoms with Gasteiger partial charge in [-0.15, -0.1) is 0 Å². The first kappa shape index (κ1) is 18.1. The molecule has 16 heavy (non-hydrogen) atoms. The Labute approximate surface area is 95.6 Å². The summed E-state index contributed by atoms with van der Waals surface area (Å²) in [5.74, 6) is 0. The van der Waals surface area contributed by atoms with E-state index in [9.17, 15) is 8.42 Å². The summed E-state index contributed by atoms with van der Waals surface area (Å²) < 4.78 is 29.7. The molecule has 0 rings (SSSR count). The van der Waals surface area contributed by atoms with Crippen molar-refractivity contribution in [1.82, 2.24) is 4.90 Å². The lowest BCUT2D eigenvalue weighted by atomic mass is 10.4. The minimum atomic E-state index is -4.16. The fourth-order valence-corrected chi connectivity index (χ4v) is 0.731. The first-order chi connectivity index (χ1) is 7.22. The maximum Gasteiger partial charge on any atom is 0.397 e. The van der Waals surface area contributed by atoms with E-state index in [0.717, 1.165) is 20.1 Å². The van der Waals surface area contributed by atoms with E-state index in [4.69, 9.17) is 20.5 Å². The van der Waals surface area contributed by atoms with E-state index in [1.807, 2.05) is 11.9 Å². The van der Waals surface area contributed by atoms with Gasteiger partial charge in [0.15, 0.2) is 6.29 Å². The molecule has 0 radical (unpaired) electrons. The van der Waals surface area contributed by atoms with Crippen molar-refractivity contribution in [3.05, 3.63) is 0 Å². The molecule has 0 saturated carbocycles. The third-order valence-corrected chi connectivity index (χ3v) is 1.85. The van der Waals surface area contributed by atoms with Gasteiger partial charge in [-0.25, -0.2) is 0 Å². The Kier molecular flexibility index (Phi) is 11.2. The summed E-state index contributed by atoms with van der Waals surface area (Å²) in [5, 5.41) is 17.0. The summed E-state index contributed by atoms with van der Waals surface area (Å²) in [7, 11) is -1.46. The van der Waals surface area contributed by atoms with Crippen LogP contribution in [0.25, 0.3) is 0 Å². The van der Waals surface area contributed by atoms with Crippen molar-refractivity contribution in [2.75, 3.05) is 33.8 Å². The molecule has 0 aromatic heterocycles. The third-order valence-electron chi connectivity index (χ3n) is 1.43. The van der Waals surface area contributed by atoms with Crippen LogP contribution in [0.5, 0.6) is 0 Å². The van der Waals surface area contributed by atoms with Crippen LogP contribution in [0.1, 0.15) is 6.42 Å². The van der Waals surface area contributed by atoms with Gasteiger partial charge in [-0.1, -0.05) is 0 Å².